The van der Waals surface area contributed by atoms with Crippen LogP contribution >= 0.6 is 0 Å². The molecule has 12 N–H and O–H groups in total. The second-order valence-corrected chi connectivity index (χ2v) is 10.7. The van der Waals surface area contributed by atoms with E-state index in [0.29, 0.717) is 5.56 Å². The third-order valence-electron chi connectivity index (χ3n) is 6.22. The van der Waals surface area contributed by atoms with Crippen molar-refractivity contribution >= 4 is 47.7 Å². The lowest BCUT2D eigenvalue weighted by atomic mass is 10.0. The van der Waals surface area contributed by atoms with Crippen LogP contribution in [-0.2, 0) is 40.0 Å². The number of nitrogens with two attached hydrogens (primary N) is 3. The number of phenols is 1. The molecule has 0 saturated heterocycles. The Kier molecular flexibility index (Phi) is 16.1. The molecule has 0 fully saturated rings. The van der Waals surface area contributed by atoms with Gasteiger partial charge in [-0.25, -0.2) is 0 Å². The molecule has 0 aliphatic carbocycles. The third kappa shape index (κ3) is 15.2. The van der Waals surface area contributed by atoms with Gasteiger partial charge in [0.2, 0.25) is 35.8 Å². The molecule has 0 bridgehead atoms. The number of primary amides is 1. The highest BCUT2D eigenvalue weighted by Crippen LogP contribution is 2.13. The number of benzene rings is 1. The van der Waals surface area contributed by atoms with E-state index in [1.54, 1.807) is 13.8 Å². The van der Waals surface area contributed by atoms with E-state index in [-0.39, 0.29) is 56.1 Å². The Morgan fingerprint density at radius 1 is 0.822 bits per heavy atom. The molecule has 4 atom stereocenters. The summed E-state index contributed by atoms with van der Waals surface area (Å²) in [7, 11) is 0. The molecule has 6 amide bonds. The maximum Gasteiger partial charge on any atom is 0.284 e. The average Bonchev–Trinajstić information content (AvgIpc) is 2.96. The predicted molar refractivity (Wildman–Crippen MR) is 163 cm³/mol. The molecule has 1 aromatic rings. The van der Waals surface area contributed by atoms with Crippen LogP contribution in [0.2, 0.25) is 0 Å². The molecule has 248 valence electrons. The van der Waals surface area contributed by atoms with Gasteiger partial charge in [-0.2, -0.15) is 0 Å². The number of aliphatic imine (C=N–C) groups is 1. The zero-order valence-electron chi connectivity index (χ0n) is 25.5. The zero-order valence-corrected chi connectivity index (χ0v) is 25.5. The summed E-state index contributed by atoms with van der Waals surface area (Å²) in [5.74, 6) is -5.04. The van der Waals surface area contributed by atoms with Crippen LogP contribution in [0.1, 0.15) is 45.6 Å². The predicted octanol–water partition coefficient (Wildman–Crippen LogP) is -3.21. The molecule has 0 aliphatic rings. The molecule has 1 rings (SSSR count). The first-order valence-corrected chi connectivity index (χ1v) is 14.2. The number of carbonyl (C=O) groups excluding carboxylic acids is 7. The van der Waals surface area contributed by atoms with E-state index < -0.39 is 66.2 Å². The number of carbonyl (C=O) groups is 7. The summed E-state index contributed by atoms with van der Waals surface area (Å²) in [6, 6.07) is 1.09. The van der Waals surface area contributed by atoms with E-state index in [4.69, 9.17) is 17.2 Å². The standard InChI is InChI=1S/C28H43N9O8/c1-15(2)11-20(35-23(41)14-38)26(44)37-21(12-17-6-8-18(39)9-7-17)27(45)36-19(5-4-10-32-28(30)31)25(43)34-16(3)24(42)33-13-22(29)40/h6-9,14-16,19-21,39H,4-5,10-13H2,1-3H3,(H2,29,40)(H,33,42)(H,34,43)(H,35,41)(H,36,45)(H,37,44)(H4,30,31,32)/t16-,19-,20-,21-/m0/s1. The summed E-state index contributed by atoms with van der Waals surface area (Å²) >= 11 is 0. The minimum atomic E-state index is -1.28. The maximum atomic E-state index is 13.6. The number of aromatic hydroxyl groups is 1. The van der Waals surface area contributed by atoms with Gasteiger partial charge in [-0.1, -0.05) is 26.0 Å². The summed E-state index contributed by atoms with van der Waals surface area (Å²) in [6.07, 6.45) is 0.367. The molecular weight excluding hydrogens is 590 g/mol. The summed E-state index contributed by atoms with van der Waals surface area (Å²) < 4.78 is 0. The molecule has 0 radical (unpaired) electrons. The van der Waals surface area contributed by atoms with Crippen molar-refractivity contribution in [1.29, 1.82) is 0 Å². The van der Waals surface area contributed by atoms with Gasteiger partial charge in [0, 0.05) is 13.0 Å². The highest BCUT2D eigenvalue weighted by molar-refractivity contribution is 6.24. The molecule has 0 heterocycles. The molecule has 0 spiro atoms. The van der Waals surface area contributed by atoms with Crippen molar-refractivity contribution in [2.24, 2.45) is 28.1 Å². The SMILES string of the molecule is CC(C)C[C@H](NC(=O)C=O)C(=O)N[C@@H](Cc1ccc(O)cc1)C(=O)N[C@@H](CCCN=C(N)N)C(=O)N[C@@H](C)C(=O)NCC(N)=O. The van der Waals surface area contributed by atoms with Crippen LogP contribution in [0.4, 0.5) is 0 Å². The molecule has 0 aromatic heterocycles. The van der Waals surface area contributed by atoms with E-state index >= 15 is 0 Å². The Bertz CT molecular complexity index is 1230. The van der Waals surface area contributed by atoms with Gasteiger partial charge in [0.05, 0.1) is 6.54 Å². The maximum absolute atomic E-state index is 13.6. The number of amides is 6. The Balaban J connectivity index is 3.27. The zero-order chi connectivity index (χ0) is 34.1. The topological polar surface area (TPSA) is 290 Å². The van der Waals surface area contributed by atoms with Crippen LogP contribution in [0.3, 0.4) is 0 Å². The summed E-state index contributed by atoms with van der Waals surface area (Å²) in [5.41, 5.74) is 16.3. The Hall–Kier alpha value is -5.22. The number of aldehydes is 1. The number of rotatable bonds is 19. The number of phenolic OH excluding ortho intramolecular Hbond substituents is 1. The van der Waals surface area contributed by atoms with Gasteiger partial charge in [0.1, 0.15) is 29.9 Å². The lowest BCUT2D eigenvalue weighted by Gasteiger charge is -2.26. The van der Waals surface area contributed by atoms with Gasteiger partial charge in [0.25, 0.3) is 5.91 Å². The number of hydrogen-bond donors (Lipinski definition) is 9. The van der Waals surface area contributed by atoms with E-state index in [2.05, 4.69) is 31.6 Å². The molecule has 0 aliphatic heterocycles. The van der Waals surface area contributed by atoms with Gasteiger partial charge in [0.15, 0.2) is 5.96 Å². The first-order valence-electron chi connectivity index (χ1n) is 14.2. The summed E-state index contributed by atoms with van der Waals surface area (Å²) in [4.78, 5) is 89.9. The average molecular weight is 634 g/mol. The van der Waals surface area contributed by atoms with Crippen molar-refractivity contribution in [2.75, 3.05) is 13.1 Å². The van der Waals surface area contributed by atoms with Crippen LogP contribution in [0, 0.1) is 5.92 Å². The second-order valence-electron chi connectivity index (χ2n) is 10.7. The monoisotopic (exact) mass is 633 g/mol. The molecule has 17 nitrogen and oxygen atoms in total. The van der Waals surface area contributed by atoms with E-state index in [0.717, 1.165) is 0 Å². The minimum absolute atomic E-state index is 0.0230. The normalized spacial score (nSPS) is 13.2. The Morgan fingerprint density at radius 2 is 1.40 bits per heavy atom. The largest absolute Gasteiger partial charge is 0.508 e. The smallest absolute Gasteiger partial charge is 0.284 e. The van der Waals surface area contributed by atoms with E-state index in [9.17, 15) is 38.7 Å². The first-order chi connectivity index (χ1) is 21.1. The highest BCUT2D eigenvalue weighted by atomic mass is 16.3. The van der Waals surface area contributed by atoms with Crippen LogP contribution in [-0.4, -0.2) is 90.1 Å². The fourth-order valence-electron chi connectivity index (χ4n) is 4.01. The Labute approximate surface area is 260 Å². The fourth-order valence-corrected chi connectivity index (χ4v) is 4.01. The van der Waals surface area contributed by atoms with Gasteiger partial charge in [-0.3, -0.25) is 38.6 Å². The molecule has 0 unspecified atom stereocenters. The van der Waals surface area contributed by atoms with E-state index in [1.807, 2.05) is 0 Å². The summed E-state index contributed by atoms with van der Waals surface area (Å²) in [6.45, 7) is 4.64. The molecule has 17 heteroatoms. The van der Waals surface area contributed by atoms with Crippen molar-refractivity contribution in [2.45, 2.75) is 70.6 Å². The van der Waals surface area contributed by atoms with Gasteiger partial charge in [-0.05, 0) is 49.8 Å². The van der Waals surface area contributed by atoms with Crippen LogP contribution < -0.4 is 43.8 Å². The van der Waals surface area contributed by atoms with Gasteiger partial charge in [-0.15, -0.1) is 0 Å². The third-order valence-corrected chi connectivity index (χ3v) is 6.22. The number of hydrogen-bond acceptors (Lipinski definition) is 9. The molecule has 45 heavy (non-hydrogen) atoms. The highest BCUT2D eigenvalue weighted by Gasteiger charge is 2.31. The van der Waals surface area contributed by atoms with Crippen molar-refractivity contribution in [3.05, 3.63) is 29.8 Å². The van der Waals surface area contributed by atoms with E-state index in [1.165, 1.54) is 31.2 Å². The quantitative estimate of drug-likeness (QED) is 0.0242. The minimum Gasteiger partial charge on any atom is -0.508 e. The second kappa shape index (κ2) is 19.1. The van der Waals surface area contributed by atoms with Crippen molar-refractivity contribution < 1.29 is 38.7 Å². The fraction of sp³-hybridized carbons (Fsp3) is 0.500. The Morgan fingerprint density at radius 3 is 1.96 bits per heavy atom. The van der Waals surface area contributed by atoms with Crippen molar-refractivity contribution in [1.82, 2.24) is 26.6 Å². The van der Waals surface area contributed by atoms with Gasteiger partial charge < -0.3 is 48.9 Å². The van der Waals surface area contributed by atoms with Crippen LogP contribution in [0.15, 0.2) is 29.3 Å². The van der Waals surface area contributed by atoms with Crippen molar-refractivity contribution in [3.63, 3.8) is 0 Å². The molecular formula is C28H43N9O8. The lowest BCUT2D eigenvalue weighted by molar-refractivity contribution is -0.136. The van der Waals surface area contributed by atoms with Crippen LogP contribution in [0.5, 0.6) is 5.75 Å². The number of nitrogens with one attached hydrogen (secondary N) is 5. The summed E-state index contributed by atoms with van der Waals surface area (Å²) in [5, 5.41) is 21.9. The van der Waals surface area contributed by atoms with Crippen LogP contribution in [0.25, 0.3) is 0 Å². The number of guanidine groups is 1. The lowest BCUT2D eigenvalue weighted by Crippen LogP contribution is -2.58. The van der Waals surface area contributed by atoms with Crippen molar-refractivity contribution in [3.8, 4) is 5.75 Å². The van der Waals surface area contributed by atoms with Gasteiger partial charge >= 0.3 is 0 Å². The number of nitrogens with zero attached hydrogens (tertiary/aromatic N) is 1. The molecule has 1 aromatic carbocycles. The molecule has 0 saturated carbocycles. The first kappa shape index (κ1) is 37.8.